The maximum Gasteiger partial charge on any atom is 0.334 e. The second-order valence-electron chi connectivity index (χ2n) is 3.74. The summed E-state index contributed by atoms with van der Waals surface area (Å²) in [5.74, 6) is -0.0737. The fourth-order valence-electron chi connectivity index (χ4n) is 1.07. The zero-order valence-corrected chi connectivity index (χ0v) is 9.75. The van der Waals surface area contributed by atoms with Crippen molar-refractivity contribution in [3.05, 3.63) is 12.2 Å². The highest BCUT2D eigenvalue weighted by molar-refractivity contribution is 5.88. The molecule has 0 aliphatic carbocycles. The molecule has 0 fully saturated rings. The number of carbonyl (C=O) groups excluding carboxylic acids is 1. The van der Waals surface area contributed by atoms with Crippen LogP contribution in [-0.2, 0) is 9.53 Å². The molecule has 0 aromatic rings. The van der Waals surface area contributed by atoms with Gasteiger partial charge in [0.1, 0.15) is 0 Å². The summed E-state index contributed by atoms with van der Waals surface area (Å²) in [6.45, 7) is 10.1. The van der Waals surface area contributed by atoms with E-state index in [0.717, 1.165) is 0 Å². The lowest BCUT2D eigenvalue weighted by molar-refractivity contribution is -0.138. The third kappa shape index (κ3) is 5.54. The summed E-state index contributed by atoms with van der Waals surface area (Å²) < 4.78 is 4.79. The van der Waals surface area contributed by atoms with Crippen molar-refractivity contribution in [1.29, 1.82) is 0 Å². The highest BCUT2D eigenvalue weighted by Gasteiger charge is 2.14. The molecule has 0 rings (SSSR count). The van der Waals surface area contributed by atoms with Crippen LogP contribution in [0.15, 0.2) is 12.2 Å². The van der Waals surface area contributed by atoms with Crippen LogP contribution in [0, 0.1) is 5.92 Å². The van der Waals surface area contributed by atoms with Crippen LogP contribution in [0.1, 0.15) is 20.8 Å². The zero-order chi connectivity index (χ0) is 11.8. The molecule has 1 unspecified atom stereocenters. The molecule has 4 heteroatoms. The number of hydrogen-bond acceptors (Lipinski definition) is 4. The van der Waals surface area contributed by atoms with Crippen LogP contribution in [0.2, 0.25) is 0 Å². The van der Waals surface area contributed by atoms with Crippen LogP contribution in [0.5, 0.6) is 0 Å². The number of aliphatic hydroxyl groups excluding tert-OH is 1. The summed E-state index contributed by atoms with van der Waals surface area (Å²) in [5, 5.41) is 12.1. The van der Waals surface area contributed by atoms with Gasteiger partial charge in [-0.05, 0) is 12.8 Å². The van der Waals surface area contributed by atoms with Crippen molar-refractivity contribution in [3.8, 4) is 0 Å². The van der Waals surface area contributed by atoms with Crippen LogP contribution in [0.4, 0.5) is 0 Å². The molecular formula is C11H21NO3. The summed E-state index contributed by atoms with van der Waals surface area (Å²) >= 11 is 0. The Labute approximate surface area is 91.3 Å². The van der Waals surface area contributed by atoms with Crippen molar-refractivity contribution in [2.75, 3.05) is 19.8 Å². The van der Waals surface area contributed by atoms with Crippen LogP contribution < -0.4 is 5.32 Å². The van der Waals surface area contributed by atoms with Gasteiger partial charge >= 0.3 is 5.97 Å². The Balaban J connectivity index is 3.93. The van der Waals surface area contributed by atoms with Crippen molar-refractivity contribution in [2.24, 2.45) is 5.92 Å². The largest absolute Gasteiger partial charge is 0.463 e. The molecule has 4 nitrogen and oxygen atoms in total. The van der Waals surface area contributed by atoms with Gasteiger partial charge in [-0.1, -0.05) is 20.4 Å². The van der Waals surface area contributed by atoms with E-state index >= 15 is 0 Å². The van der Waals surface area contributed by atoms with Gasteiger partial charge in [0.2, 0.25) is 0 Å². The van der Waals surface area contributed by atoms with Gasteiger partial charge < -0.3 is 15.2 Å². The van der Waals surface area contributed by atoms with Gasteiger partial charge in [0.15, 0.2) is 0 Å². The van der Waals surface area contributed by atoms with Gasteiger partial charge in [-0.3, -0.25) is 0 Å². The van der Waals surface area contributed by atoms with Gasteiger partial charge in [0.25, 0.3) is 0 Å². The molecule has 0 aromatic heterocycles. The second kappa shape index (κ2) is 7.43. The van der Waals surface area contributed by atoms with E-state index in [-0.39, 0.29) is 18.6 Å². The summed E-state index contributed by atoms with van der Waals surface area (Å²) in [6, 6.07) is -0.0174. The van der Waals surface area contributed by atoms with Gasteiger partial charge in [-0.25, -0.2) is 4.79 Å². The van der Waals surface area contributed by atoms with E-state index in [1.807, 2.05) is 13.8 Å². The number of carbonyl (C=O) groups is 1. The number of esters is 1. The predicted octanol–water partition coefficient (Wildman–Crippen LogP) is 0.712. The molecule has 2 N–H and O–H groups in total. The molecule has 88 valence electrons. The van der Waals surface area contributed by atoms with Crippen LogP contribution in [-0.4, -0.2) is 36.9 Å². The van der Waals surface area contributed by atoms with Gasteiger partial charge in [0.05, 0.1) is 13.2 Å². The number of nitrogens with one attached hydrogen (secondary N) is 1. The minimum Gasteiger partial charge on any atom is -0.463 e. The highest BCUT2D eigenvalue weighted by atomic mass is 16.5. The van der Waals surface area contributed by atoms with E-state index in [4.69, 9.17) is 9.84 Å². The molecule has 0 saturated carbocycles. The summed E-state index contributed by atoms with van der Waals surface area (Å²) in [7, 11) is 0. The first kappa shape index (κ1) is 14.1. The molecule has 0 bridgehead atoms. The second-order valence-corrected chi connectivity index (χ2v) is 3.74. The molecule has 15 heavy (non-hydrogen) atoms. The van der Waals surface area contributed by atoms with Crippen molar-refractivity contribution in [1.82, 2.24) is 5.32 Å². The molecule has 0 aliphatic heterocycles. The molecular weight excluding hydrogens is 194 g/mol. The summed E-state index contributed by atoms with van der Waals surface area (Å²) in [6.07, 6.45) is 0. The van der Waals surface area contributed by atoms with Crippen LogP contribution in [0.3, 0.4) is 0 Å². The first-order chi connectivity index (χ1) is 7.02. The number of rotatable bonds is 7. The lowest BCUT2D eigenvalue weighted by Gasteiger charge is -2.20. The Morgan fingerprint density at radius 1 is 1.53 bits per heavy atom. The quantitative estimate of drug-likeness (QED) is 0.485. The molecule has 0 heterocycles. The normalized spacial score (nSPS) is 12.6. The topological polar surface area (TPSA) is 58.6 Å². The summed E-state index contributed by atoms with van der Waals surface area (Å²) in [5.41, 5.74) is 0.385. The van der Waals surface area contributed by atoms with Crippen molar-refractivity contribution < 1.29 is 14.6 Å². The Bertz CT molecular complexity index is 214. The van der Waals surface area contributed by atoms with E-state index < -0.39 is 0 Å². The summed E-state index contributed by atoms with van der Waals surface area (Å²) in [4.78, 5) is 11.2. The SMILES string of the molecule is C=C(CNC(CO)C(C)C)C(=O)OCC. The lowest BCUT2D eigenvalue weighted by atomic mass is 10.1. The lowest BCUT2D eigenvalue weighted by Crippen LogP contribution is -2.39. The molecule has 0 saturated heterocycles. The molecule has 0 aromatic carbocycles. The number of ether oxygens (including phenoxy) is 1. The highest BCUT2D eigenvalue weighted by Crippen LogP contribution is 2.01. The third-order valence-corrected chi connectivity index (χ3v) is 2.14. The fraction of sp³-hybridized carbons (Fsp3) is 0.727. The zero-order valence-electron chi connectivity index (χ0n) is 9.75. The van der Waals surface area contributed by atoms with Crippen LogP contribution >= 0.6 is 0 Å². The Hall–Kier alpha value is -0.870. The minimum absolute atomic E-state index is 0.0174. The van der Waals surface area contributed by atoms with Gasteiger partial charge in [-0.15, -0.1) is 0 Å². The van der Waals surface area contributed by atoms with E-state index in [0.29, 0.717) is 24.6 Å². The first-order valence-electron chi connectivity index (χ1n) is 5.22. The number of aliphatic hydroxyl groups is 1. The van der Waals surface area contributed by atoms with Crippen LogP contribution in [0.25, 0.3) is 0 Å². The van der Waals surface area contributed by atoms with Crippen molar-refractivity contribution in [2.45, 2.75) is 26.8 Å². The van der Waals surface area contributed by atoms with Crippen molar-refractivity contribution in [3.63, 3.8) is 0 Å². The Morgan fingerprint density at radius 2 is 2.13 bits per heavy atom. The van der Waals surface area contributed by atoms with E-state index in [2.05, 4.69) is 11.9 Å². The molecule has 0 aliphatic rings. The Kier molecular flexibility index (Phi) is 6.99. The van der Waals surface area contributed by atoms with Gasteiger partial charge in [-0.2, -0.15) is 0 Å². The van der Waals surface area contributed by atoms with E-state index in [1.165, 1.54) is 0 Å². The van der Waals surface area contributed by atoms with E-state index in [1.54, 1.807) is 6.92 Å². The maximum absolute atomic E-state index is 11.2. The van der Waals surface area contributed by atoms with Crippen molar-refractivity contribution >= 4 is 5.97 Å². The predicted molar refractivity (Wildman–Crippen MR) is 59.5 cm³/mol. The third-order valence-electron chi connectivity index (χ3n) is 2.14. The average Bonchev–Trinajstić information content (AvgIpc) is 2.18. The first-order valence-corrected chi connectivity index (χ1v) is 5.22. The Morgan fingerprint density at radius 3 is 2.53 bits per heavy atom. The molecule has 0 radical (unpaired) electrons. The van der Waals surface area contributed by atoms with Gasteiger partial charge in [0, 0.05) is 18.2 Å². The monoisotopic (exact) mass is 215 g/mol. The maximum atomic E-state index is 11.2. The standard InChI is InChI=1S/C11H21NO3/c1-5-15-11(14)9(4)6-12-10(7-13)8(2)3/h8,10,12-13H,4-7H2,1-3H3. The molecule has 0 amide bonds. The molecule has 0 spiro atoms. The minimum atomic E-state index is -0.384. The molecule has 1 atom stereocenters. The number of hydrogen-bond donors (Lipinski definition) is 2. The van der Waals surface area contributed by atoms with E-state index in [9.17, 15) is 4.79 Å². The smallest absolute Gasteiger partial charge is 0.334 e. The fourth-order valence-corrected chi connectivity index (χ4v) is 1.07. The average molecular weight is 215 g/mol.